The van der Waals surface area contributed by atoms with Crippen LogP contribution in [0.2, 0.25) is 0 Å². The maximum absolute atomic E-state index is 5.83. The molecule has 19 heavy (non-hydrogen) atoms. The first-order valence-corrected chi connectivity index (χ1v) is 6.37. The molecular formula is C17H16N2. The minimum atomic E-state index is 0.764. The molecule has 0 radical (unpaired) electrons. The predicted octanol–water partition coefficient (Wildman–Crippen LogP) is 4.10. The number of rotatable bonds is 1. The molecule has 1 aromatic heterocycles. The van der Waals surface area contributed by atoms with E-state index >= 15 is 0 Å². The SMILES string of the molecule is Cc1cc(C)c2ccc(-c3cccc(N)c3)nc2c1. The van der Waals surface area contributed by atoms with E-state index in [0.717, 1.165) is 22.5 Å². The van der Waals surface area contributed by atoms with Crippen molar-refractivity contribution in [2.24, 2.45) is 0 Å². The lowest BCUT2D eigenvalue weighted by Gasteiger charge is -2.07. The molecule has 0 saturated carbocycles. The summed E-state index contributed by atoms with van der Waals surface area (Å²) in [7, 11) is 0. The monoisotopic (exact) mass is 248 g/mol. The van der Waals surface area contributed by atoms with Gasteiger partial charge in [0.1, 0.15) is 0 Å². The van der Waals surface area contributed by atoms with E-state index in [1.807, 2.05) is 24.3 Å². The second-order valence-corrected chi connectivity index (χ2v) is 4.97. The first-order chi connectivity index (χ1) is 9.13. The van der Waals surface area contributed by atoms with Gasteiger partial charge in [0.15, 0.2) is 0 Å². The largest absolute Gasteiger partial charge is 0.399 e. The molecule has 2 aromatic carbocycles. The number of nitrogens with zero attached hydrogens (tertiary/aromatic N) is 1. The number of aromatic nitrogens is 1. The number of anilines is 1. The van der Waals surface area contributed by atoms with Crippen LogP contribution in [0.4, 0.5) is 5.69 Å². The Morgan fingerprint density at radius 3 is 2.58 bits per heavy atom. The number of aryl methyl sites for hydroxylation is 2. The highest BCUT2D eigenvalue weighted by molar-refractivity contribution is 5.85. The summed E-state index contributed by atoms with van der Waals surface area (Å²) in [5, 5.41) is 1.21. The lowest BCUT2D eigenvalue weighted by Crippen LogP contribution is -1.90. The van der Waals surface area contributed by atoms with Crippen molar-refractivity contribution in [2.45, 2.75) is 13.8 Å². The summed E-state index contributed by atoms with van der Waals surface area (Å²) in [5.74, 6) is 0. The number of pyridine rings is 1. The Balaban J connectivity index is 2.21. The fraction of sp³-hybridized carbons (Fsp3) is 0.118. The van der Waals surface area contributed by atoms with Gasteiger partial charge in [-0.3, -0.25) is 0 Å². The van der Waals surface area contributed by atoms with Crippen molar-refractivity contribution < 1.29 is 0 Å². The smallest absolute Gasteiger partial charge is 0.0714 e. The van der Waals surface area contributed by atoms with Crippen molar-refractivity contribution >= 4 is 16.6 Å². The van der Waals surface area contributed by atoms with Crippen LogP contribution < -0.4 is 5.73 Å². The van der Waals surface area contributed by atoms with Gasteiger partial charge in [0.2, 0.25) is 0 Å². The maximum Gasteiger partial charge on any atom is 0.0714 e. The molecule has 0 aliphatic rings. The third kappa shape index (κ3) is 2.17. The third-order valence-electron chi connectivity index (χ3n) is 3.34. The Hall–Kier alpha value is -2.35. The van der Waals surface area contributed by atoms with Gasteiger partial charge in [0, 0.05) is 16.6 Å². The summed E-state index contributed by atoms with van der Waals surface area (Å²) in [5.41, 5.74) is 12.2. The first-order valence-electron chi connectivity index (χ1n) is 6.37. The van der Waals surface area contributed by atoms with Crippen molar-refractivity contribution in [3.8, 4) is 11.3 Å². The Labute approximate surface area is 112 Å². The van der Waals surface area contributed by atoms with E-state index in [4.69, 9.17) is 10.7 Å². The summed E-state index contributed by atoms with van der Waals surface area (Å²) >= 11 is 0. The van der Waals surface area contributed by atoms with Gasteiger partial charge in [-0.15, -0.1) is 0 Å². The van der Waals surface area contributed by atoms with Crippen molar-refractivity contribution in [3.05, 3.63) is 59.7 Å². The van der Waals surface area contributed by atoms with Gasteiger partial charge >= 0.3 is 0 Å². The van der Waals surface area contributed by atoms with E-state index in [0.29, 0.717) is 0 Å². The normalized spacial score (nSPS) is 10.8. The van der Waals surface area contributed by atoms with Crippen LogP contribution in [-0.4, -0.2) is 4.98 Å². The van der Waals surface area contributed by atoms with Crippen molar-refractivity contribution in [2.75, 3.05) is 5.73 Å². The van der Waals surface area contributed by atoms with Gasteiger partial charge in [0.25, 0.3) is 0 Å². The number of nitrogen functional groups attached to an aromatic ring is 1. The molecule has 3 rings (SSSR count). The van der Waals surface area contributed by atoms with Gasteiger partial charge in [-0.05, 0) is 49.2 Å². The Bertz CT molecular complexity index is 760. The van der Waals surface area contributed by atoms with Crippen LogP contribution in [0.5, 0.6) is 0 Å². The minimum absolute atomic E-state index is 0.764. The molecule has 0 bridgehead atoms. The Morgan fingerprint density at radius 1 is 0.947 bits per heavy atom. The maximum atomic E-state index is 5.83. The van der Waals surface area contributed by atoms with E-state index in [9.17, 15) is 0 Å². The second-order valence-electron chi connectivity index (χ2n) is 4.97. The Kier molecular flexibility index (Phi) is 2.71. The molecular weight excluding hydrogens is 232 g/mol. The third-order valence-corrected chi connectivity index (χ3v) is 3.34. The predicted molar refractivity (Wildman–Crippen MR) is 81.1 cm³/mol. The molecule has 0 aliphatic heterocycles. The quantitative estimate of drug-likeness (QED) is 0.658. The molecule has 0 saturated heterocycles. The summed E-state index contributed by atoms with van der Waals surface area (Å²) in [6.45, 7) is 4.22. The number of fused-ring (bicyclic) bond motifs is 1. The molecule has 0 aliphatic carbocycles. The number of hydrogen-bond donors (Lipinski definition) is 1. The number of hydrogen-bond acceptors (Lipinski definition) is 2. The Morgan fingerprint density at radius 2 is 1.79 bits per heavy atom. The van der Waals surface area contributed by atoms with Crippen LogP contribution in [0.3, 0.4) is 0 Å². The van der Waals surface area contributed by atoms with Crippen LogP contribution in [0, 0.1) is 13.8 Å². The van der Waals surface area contributed by atoms with Gasteiger partial charge in [-0.1, -0.05) is 24.3 Å². The molecule has 3 aromatic rings. The molecule has 0 spiro atoms. The van der Waals surface area contributed by atoms with Crippen LogP contribution in [0.15, 0.2) is 48.5 Å². The first kappa shape index (κ1) is 11.7. The highest BCUT2D eigenvalue weighted by Gasteiger charge is 2.04. The fourth-order valence-electron chi connectivity index (χ4n) is 2.45. The van der Waals surface area contributed by atoms with Gasteiger partial charge < -0.3 is 5.73 Å². The molecule has 2 N–H and O–H groups in total. The van der Waals surface area contributed by atoms with E-state index in [1.165, 1.54) is 16.5 Å². The molecule has 2 nitrogen and oxygen atoms in total. The zero-order valence-electron chi connectivity index (χ0n) is 11.1. The van der Waals surface area contributed by atoms with E-state index in [2.05, 4.69) is 38.1 Å². The zero-order chi connectivity index (χ0) is 13.4. The zero-order valence-corrected chi connectivity index (χ0v) is 11.1. The number of nitrogens with two attached hydrogens (primary N) is 1. The van der Waals surface area contributed by atoms with Crippen LogP contribution in [0.1, 0.15) is 11.1 Å². The van der Waals surface area contributed by atoms with E-state index in [1.54, 1.807) is 0 Å². The van der Waals surface area contributed by atoms with Crippen LogP contribution in [-0.2, 0) is 0 Å². The highest BCUT2D eigenvalue weighted by atomic mass is 14.7. The minimum Gasteiger partial charge on any atom is -0.399 e. The molecule has 0 atom stereocenters. The fourth-order valence-corrected chi connectivity index (χ4v) is 2.45. The lowest BCUT2D eigenvalue weighted by molar-refractivity contribution is 1.35. The van der Waals surface area contributed by atoms with Gasteiger partial charge in [0.05, 0.1) is 11.2 Å². The summed E-state index contributed by atoms with van der Waals surface area (Å²) < 4.78 is 0. The van der Waals surface area contributed by atoms with Crippen molar-refractivity contribution in [1.29, 1.82) is 0 Å². The van der Waals surface area contributed by atoms with E-state index in [-0.39, 0.29) is 0 Å². The highest BCUT2D eigenvalue weighted by Crippen LogP contribution is 2.25. The summed E-state index contributed by atoms with van der Waals surface area (Å²) in [6.07, 6.45) is 0. The molecule has 94 valence electrons. The van der Waals surface area contributed by atoms with Crippen LogP contribution >= 0.6 is 0 Å². The molecule has 1 heterocycles. The standard InChI is InChI=1S/C17H16N2/c1-11-8-12(2)15-6-7-16(19-17(15)9-11)13-4-3-5-14(18)10-13/h3-10H,18H2,1-2H3. The average molecular weight is 248 g/mol. The second kappa shape index (κ2) is 4.39. The topological polar surface area (TPSA) is 38.9 Å². The lowest BCUT2D eigenvalue weighted by atomic mass is 10.0. The van der Waals surface area contributed by atoms with Crippen molar-refractivity contribution in [1.82, 2.24) is 4.98 Å². The molecule has 0 unspecified atom stereocenters. The van der Waals surface area contributed by atoms with Crippen LogP contribution in [0.25, 0.3) is 22.2 Å². The average Bonchev–Trinajstić information content (AvgIpc) is 2.37. The summed E-state index contributed by atoms with van der Waals surface area (Å²) in [4.78, 5) is 4.75. The van der Waals surface area contributed by atoms with Crippen molar-refractivity contribution in [3.63, 3.8) is 0 Å². The number of benzene rings is 2. The molecule has 2 heteroatoms. The van der Waals surface area contributed by atoms with Gasteiger partial charge in [-0.25, -0.2) is 4.98 Å². The molecule has 0 amide bonds. The molecule has 0 fully saturated rings. The van der Waals surface area contributed by atoms with Gasteiger partial charge in [-0.2, -0.15) is 0 Å². The van der Waals surface area contributed by atoms with E-state index < -0.39 is 0 Å². The summed E-state index contributed by atoms with van der Waals surface area (Å²) in [6, 6.07) is 16.3.